The summed E-state index contributed by atoms with van der Waals surface area (Å²) in [5.41, 5.74) is 4.36. The Morgan fingerprint density at radius 1 is 0.815 bits per heavy atom. The van der Waals surface area contributed by atoms with Gasteiger partial charge < -0.3 is 9.64 Å². The van der Waals surface area contributed by atoms with E-state index in [1.807, 2.05) is 97.6 Å². The number of hydrogen-bond donors (Lipinski definition) is 0. The molecule has 0 saturated carbocycles. The summed E-state index contributed by atoms with van der Waals surface area (Å²) in [4.78, 5) is 14.8. The number of carbonyl (C=O) groups is 1. The fourth-order valence-electron chi connectivity index (χ4n) is 2.93. The molecule has 0 aromatic heterocycles. The molecule has 0 bridgehead atoms. The van der Waals surface area contributed by atoms with Crippen LogP contribution in [0.3, 0.4) is 0 Å². The van der Waals surface area contributed by atoms with Gasteiger partial charge in [-0.2, -0.15) is 0 Å². The third-order valence-electron chi connectivity index (χ3n) is 4.48. The predicted molar refractivity (Wildman–Crippen MR) is 109 cm³/mol. The van der Waals surface area contributed by atoms with Gasteiger partial charge in [0.15, 0.2) is 6.61 Å². The van der Waals surface area contributed by atoms with Crippen LogP contribution in [0.1, 0.15) is 22.3 Å². The number of carbonyl (C=O) groups excluding carboxylic acids is 1. The lowest BCUT2D eigenvalue weighted by molar-refractivity contribution is -0.134. The Morgan fingerprint density at radius 3 is 1.93 bits per heavy atom. The van der Waals surface area contributed by atoms with Crippen molar-refractivity contribution in [2.24, 2.45) is 0 Å². The second-order valence-electron chi connectivity index (χ2n) is 6.78. The first-order valence-corrected chi connectivity index (χ1v) is 9.17. The van der Waals surface area contributed by atoms with Crippen molar-refractivity contribution in [1.29, 1.82) is 0 Å². The zero-order valence-corrected chi connectivity index (χ0v) is 15.9. The summed E-state index contributed by atoms with van der Waals surface area (Å²) in [5.74, 6) is 0.742. The molecule has 0 fully saturated rings. The number of aryl methyl sites for hydroxylation is 2. The van der Waals surface area contributed by atoms with Crippen molar-refractivity contribution >= 4 is 5.91 Å². The van der Waals surface area contributed by atoms with Gasteiger partial charge >= 0.3 is 0 Å². The Hall–Kier alpha value is -3.07. The number of amides is 1. The molecule has 0 aliphatic heterocycles. The molecule has 0 aliphatic rings. The molecule has 3 nitrogen and oxygen atoms in total. The van der Waals surface area contributed by atoms with Gasteiger partial charge in [-0.1, -0.05) is 72.8 Å². The number of benzene rings is 3. The maximum Gasteiger partial charge on any atom is 0.261 e. The Morgan fingerprint density at radius 2 is 1.37 bits per heavy atom. The normalized spacial score (nSPS) is 10.4. The summed E-state index contributed by atoms with van der Waals surface area (Å²) in [6, 6.07) is 26.1. The number of hydrogen-bond acceptors (Lipinski definition) is 2. The van der Waals surface area contributed by atoms with Gasteiger partial charge in [-0.15, -0.1) is 0 Å². The van der Waals surface area contributed by atoms with E-state index < -0.39 is 0 Å². The number of rotatable bonds is 7. The van der Waals surface area contributed by atoms with E-state index in [2.05, 4.69) is 0 Å². The highest BCUT2D eigenvalue weighted by molar-refractivity contribution is 5.77. The highest BCUT2D eigenvalue weighted by Gasteiger charge is 2.16. The molecule has 0 aliphatic carbocycles. The molecule has 3 aromatic rings. The van der Waals surface area contributed by atoms with E-state index >= 15 is 0 Å². The highest BCUT2D eigenvalue weighted by atomic mass is 16.5. The number of nitrogens with zero attached hydrogens (tertiary/aromatic N) is 1. The van der Waals surface area contributed by atoms with Crippen LogP contribution in [-0.2, 0) is 17.9 Å². The molecule has 1 amide bonds. The van der Waals surface area contributed by atoms with Gasteiger partial charge in [0.1, 0.15) is 5.75 Å². The zero-order chi connectivity index (χ0) is 19.1. The van der Waals surface area contributed by atoms with Crippen LogP contribution in [0.15, 0.2) is 78.9 Å². The van der Waals surface area contributed by atoms with E-state index in [0.29, 0.717) is 13.1 Å². The predicted octanol–water partition coefficient (Wildman–Crippen LogP) is 4.91. The first-order valence-electron chi connectivity index (χ1n) is 9.17. The van der Waals surface area contributed by atoms with Crippen molar-refractivity contribution in [2.75, 3.05) is 6.61 Å². The van der Waals surface area contributed by atoms with Gasteiger partial charge in [-0.3, -0.25) is 4.79 Å². The highest BCUT2D eigenvalue weighted by Crippen LogP contribution is 2.19. The van der Waals surface area contributed by atoms with E-state index in [1.54, 1.807) is 0 Å². The lowest BCUT2D eigenvalue weighted by Gasteiger charge is -2.23. The summed E-state index contributed by atoms with van der Waals surface area (Å²) >= 11 is 0. The molecular formula is C24H25NO2. The minimum Gasteiger partial charge on any atom is -0.483 e. The second-order valence-corrected chi connectivity index (χ2v) is 6.78. The van der Waals surface area contributed by atoms with Crippen LogP contribution in [0, 0.1) is 13.8 Å². The van der Waals surface area contributed by atoms with Gasteiger partial charge in [-0.25, -0.2) is 0 Å². The fourth-order valence-corrected chi connectivity index (χ4v) is 2.93. The molecule has 3 aromatic carbocycles. The van der Waals surface area contributed by atoms with Crippen molar-refractivity contribution in [3.05, 3.63) is 101 Å². The monoisotopic (exact) mass is 359 g/mol. The van der Waals surface area contributed by atoms with Crippen LogP contribution in [0.2, 0.25) is 0 Å². The Balaban J connectivity index is 1.72. The van der Waals surface area contributed by atoms with Crippen molar-refractivity contribution in [1.82, 2.24) is 4.90 Å². The minimum atomic E-state index is -0.0244. The van der Waals surface area contributed by atoms with E-state index in [4.69, 9.17) is 4.74 Å². The molecule has 0 atom stereocenters. The van der Waals surface area contributed by atoms with Gasteiger partial charge in [0.05, 0.1) is 0 Å². The Bertz CT molecular complexity index is 834. The summed E-state index contributed by atoms with van der Waals surface area (Å²) in [6.45, 7) is 5.16. The van der Waals surface area contributed by atoms with E-state index in [1.165, 1.54) is 0 Å². The van der Waals surface area contributed by atoms with E-state index in [-0.39, 0.29) is 12.5 Å². The average molecular weight is 359 g/mol. The molecule has 27 heavy (non-hydrogen) atoms. The number of ether oxygens (including phenoxy) is 1. The Labute approximate surface area is 161 Å². The van der Waals surface area contributed by atoms with Crippen molar-refractivity contribution in [2.45, 2.75) is 26.9 Å². The molecule has 0 saturated heterocycles. The molecule has 0 heterocycles. The Kier molecular flexibility index (Phi) is 6.26. The molecule has 3 heteroatoms. The van der Waals surface area contributed by atoms with Crippen molar-refractivity contribution in [3.8, 4) is 5.75 Å². The standard InChI is InChI=1S/C24H25NO2/c1-19-13-14-20(2)23(15-19)27-18-24(26)25(16-21-9-5-3-6-10-21)17-22-11-7-4-8-12-22/h3-15H,16-18H2,1-2H3. The summed E-state index contributed by atoms with van der Waals surface area (Å²) in [6.07, 6.45) is 0. The van der Waals surface area contributed by atoms with Crippen LogP contribution < -0.4 is 4.74 Å². The molecule has 3 rings (SSSR count). The quantitative estimate of drug-likeness (QED) is 0.600. The first kappa shape index (κ1) is 18.7. The second kappa shape index (κ2) is 9.04. The van der Waals surface area contributed by atoms with Crippen molar-refractivity contribution in [3.63, 3.8) is 0 Å². The largest absolute Gasteiger partial charge is 0.483 e. The topological polar surface area (TPSA) is 29.5 Å². The first-order chi connectivity index (χ1) is 13.1. The maximum atomic E-state index is 12.9. The van der Waals surface area contributed by atoms with Crippen molar-refractivity contribution < 1.29 is 9.53 Å². The zero-order valence-electron chi connectivity index (χ0n) is 15.9. The van der Waals surface area contributed by atoms with Crippen LogP contribution in [0.4, 0.5) is 0 Å². The summed E-state index contributed by atoms with van der Waals surface area (Å²) in [5, 5.41) is 0. The minimum absolute atomic E-state index is 0.0244. The summed E-state index contributed by atoms with van der Waals surface area (Å²) in [7, 11) is 0. The smallest absolute Gasteiger partial charge is 0.261 e. The van der Waals surface area contributed by atoms with Gasteiger partial charge in [-0.05, 0) is 42.2 Å². The molecule has 0 radical (unpaired) electrons. The van der Waals surface area contributed by atoms with Crippen LogP contribution in [0.5, 0.6) is 5.75 Å². The third kappa shape index (κ3) is 5.45. The fraction of sp³-hybridized carbons (Fsp3) is 0.208. The van der Waals surface area contributed by atoms with Gasteiger partial charge in [0.2, 0.25) is 0 Å². The molecule has 0 unspecified atom stereocenters. The molecular weight excluding hydrogens is 334 g/mol. The summed E-state index contributed by atoms with van der Waals surface area (Å²) < 4.78 is 5.84. The third-order valence-corrected chi connectivity index (χ3v) is 4.48. The maximum absolute atomic E-state index is 12.9. The van der Waals surface area contributed by atoms with Gasteiger partial charge in [0.25, 0.3) is 5.91 Å². The average Bonchev–Trinajstić information content (AvgIpc) is 2.69. The lowest BCUT2D eigenvalue weighted by Crippen LogP contribution is -2.34. The van der Waals surface area contributed by atoms with Crippen LogP contribution in [0.25, 0.3) is 0 Å². The van der Waals surface area contributed by atoms with E-state index in [9.17, 15) is 4.79 Å². The SMILES string of the molecule is Cc1ccc(C)c(OCC(=O)N(Cc2ccccc2)Cc2ccccc2)c1. The molecule has 0 N–H and O–H groups in total. The van der Waals surface area contributed by atoms with Crippen LogP contribution >= 0.6 is 0 Å². The molecule has 0 spiro atoms. The lowest BCUT2D eigenvalue weighted by atomic mass is 10.1. The van der Waals surface area contributed by atoms with E-state index in [0.717, 1.165) is 28.0 Å². The van der Waals surface area contributed by atoms with Gasteiger partial charge in [0, 0.05) is 13.1 Å². The molecule has 138 valence electrons. The van der Waals surface area contributed by atoms with Crippen LogP contribution in [-0.4, -0.2) is 17.4 Å².